The molecule has 1 saturated heterocycles. The third-order valence-corrected chi connectivity index (χ3v) is 4.73. The Morgan fingerprint density at radius 3 is 2.36 bits per heavy atom. The molecule has 1 aromatic carbocycles. The molecule has 4 rings (SSSR count). The molecule has 25 heavy (non-hydrogen) atoms. The van der Waals surface area contributed by atoms with Crippen LogP contribution in [0.4, 0.5) is 20.3 Å². The van der Waals surface area contributed by atoms with E-state index in [4.69, 9.17) is 11.6 Å². The van der Waals surface area contributed by atoms with Crippen LogP contribution < -0.4 is 9.80 Å². The highest BCUT2D eigenvalue weighted by molar-refractivity contribution is 6.33. The first-order chi connectivity index (χ1) is 12.1. The van der Waals surface area contributed by atoms with E-state index in [2.05, 4.69) is 19.8 Å². The maximum atomic E-state index is 14.0. The summed E-state index contributed by atoms with van der Waals surface area (Å²) in [6.45, 7) is 2.95. The molecule has 0 aliphatic carbocycles. The van der Waals surface area contributed by atoms with Crippen molar-refractivity contribution in [1.29, 1.82) is 0 Å². The van der Waals surface area contributed by atoms with E-state index in [9.17, 15) is 8.78 Å². The summed E-state index contributed by atoms with van der Waals surface area (Å²) in [5, 5.41) is 0.822. The maximum absolute atomic E-state index is 14.0. The van der Waals surface area contributed by atoms with Gasteiger partial charge in [0.15, 0.2) is 0 Å². The van der Waals surface area contributed by atoms with Gasteiger partial charge < -0.3 is 9.80 Å². The highest BCUT2D eigenvalue weighted by atomic mass is 35.5. The van der Waals surface area contributed by atoms with Crippen LogP contribution in [0, 0.1) is 11.6 Å². The lowest BCUT2D eigenvalue weighted by atomic mass is 10.2. The van der Waals surface area contributed by atoms with Crippen LogP contribution >= 0.6 is 11.6 Å². The minimum atomic E-state index is -0.513. The molecular formula is C18H15ClF2N4. The molecule has 128 valence electrons. The van der Waals surface area contributed by atoms with Gasteiger partial charge in [-0.1, -0.05) is 11.6 Å². The number of hydrogen-bond donors (Lipinski definition) is 0. The number of aromatic nitrogens is 2. The normalized spacial score (nSPS) is 15.0. The van der Waals surface area contributed by atoms with Gasteiger partial charge in [0.2, 0.25) is 0 Å². The Bertz CT molecular complexity index is 926. The molecule has 3 aromatic rings. The largest absolute Gasteiger partial charge is 0.367 e. The van der Waals surface area contributed by atoms with Crippen molar-refractivity contribution in [3.05, 3.63) is 59.4 Å². The first kappa shape index (κ1) is 16.0. The van der Waals surface area contributed by atoms with Crippen molar-refractivity contribution in [2.45, 2.75) is 0 Å². The SMILES string of the molecule is Fc1ccc(F)c2nc(N3CCN(c4ccncc4Cl)CC3)ccc12. The minimum Gasteiger partial charge on any atom is -0.367 e. The molecule has 0 unspecified atom stereocenters. The van der Waals surface area contributed by atoms with Crippen LogP contribution in [0.25, 0.3) is 10.9 Å². The average Bonchev–Trinajstić information content (AvgIpc) is 2.65. The standard InChI is InChI=1S/C18H15ClF2N4/c19-13-11-22-6-5-16(13)24-7-9-25(10-8-24)17-4-1-12-14(20)2-3-15(21)18(12)23-17/h1-6,11H,7-10H2. The quantitative estimate of drug-likeness (QED) is 0.694. The van der Waals surface area contributed by atoms with Gasteiger partial charge in [0.25, 0.3) is 0 Å². The molecule has 1 fully saturated rings. The molecule has 0 N–H and O–H groups in total. The van der Waals surface area contributed by atoms with E-state index in [1.165, 1.54) is 0 Å². The number of piperazine rings is 1. The number of pyridine rings is 2. The summed E-state index contributed by atoms with van der Waals surface area (Å²) in [6, 6.07) is 7.45. The van der Waals surface area contributed by atoms with E-state index in [-0.39, 0.29) is 10.9 Å². The molecule has 7 heteroatoms. The number of halogens is 3. The van der Waals surface area contributed by atoms with Crippen LogP contribution in [-0.4, -0.2) is 36.1 Å². The zero-order valence-corrected chi connectivity index (χ0v) is 14.0. The van der Waals surface area contributed by atoms with E-state index in [0.29, 0.717) is 23.9 Å². The monoisotopic (exact) mass is 360 g/mol. The summed E-state index contributed by atoms with van der Waals surface area (Å²) >= 11 is 6.20. The fraction of sp³-hybridized carbons (Fsp3) is 0.222. The number of hydrogen-bond acceptors (Lipinski definition) is 4. The van der Waals surface area contributed by atoms with E-state index < -0.39 is 11.6 Å². The minimum absolute atomic E-state index is 0.0668. The lowest BCUT2D eigenvalue weighted by Gasteiger charge is -2.37. The van der Waals surface area contributed by atoms with Gasteiger partial charge in [-0.05, 0) is 30.3 Å². The molecule has 0 amide bonds. The van der Waals surface area contributed by atoms with Crippen molar-refractivity contribution >= 4 is 34.0 Å². The molecule has 1 aliphatic rings. The molecule has 1 aliphatic heterocycles. The van der Waals surface area contributed by atoms with E-state index in [0.717, 1.165) is 30.9 Å². The lowest BCUT2D eigenvalue weighted by Crippen LogP contribution is -2.47. The number of anilines is 2. The maximum Gasteiger partial charge on any atom is 0.149 e. The summed E-state index contributed by atoms with van der Waals surface area (Å²) in [7, 11) is 0. The van der Waals surface area contributed by atoms with Crippen molar-refractivity contribution in [1.82, 2.24) is 9.97 Å². The smallest absolute Gasteiger partial charge is 0.149 e. The van der Waals surface area contributed by atoms with Crippen molar-refractivity contribution in [3.63, 3.8) is 0 Å². The second kappa shape index (κ2) is 6.44. The number of rotatable bonds is 2. The number of benzene rings is 1. The van der Waals surface area contributed by atoms with Crippen molar-refractivity contribution < 1.29 is 8.78 Å². The number of nitrogens with zero attached hydrogens (tertiary/aromatic N) is 4. The van der Waals surface area contributed by atoms with Gasteiger partial charge in [0.05, 0.1) is 10.7 Å². The fourth-order valence-corrected chi connectivity index (χ4v) is 3.35. The summed E-state index contributed by atoms with van der Waals surface area (Å²) < 4.78 is 27.7. The van der Waals surface area contributed by atoms with Crippen LogP contribution in [0.2, 0.25) is 5.02 Å². The van der Waals surface area contributed by atoms with E-state index >= 15 is 0 Å². The van der Waals surface area contributed by atoms with Crippen molar-refractivity contribution in [3.8, 4) is 0 Å². The lowest BCUT2D eigenvalue weighted by molar-refractivity contribution is 0.614. The van der Waals surface area contributed by atoms with Gasteiger partial charge in [-0.2, -0.15) is 0 Å². The van der Waals surface area contributed by atoms with Gasteiger partial charge in [0.1, 0.15) is 23.0 Å². The molecular weight excluding hydrogens is 346 g/mol. The molecule has 4 nitrogen and oxygen atoms in total. The van der Waals surface area contributed by atoms with E-state index in [1.807, 2.05) is 6.07 Å². The summed E-state index contributed by atoms with van der Waals surface area (Å²) in [6.07, 6.45) is 3.35. The van der Waals surface area contributed by atoms with Gasteiger partial charge in [-0.25, -0.2) is 13.8 Å². The highest BCUT2D eigenvalue weighted by Crippen LogP contribution is 2.27. The fourth-order valence-electron chi connectivity index (χ4n) is 3.12. The molecule has 0 radical (unpaired) electrons. The third kappa shape index (κ3) is 2.98. The van der Waals surface area contributed by atoms with Crippen LogP contribution in [0.1, 0.15) is 0 Å². The molecule has 0 bridgehead atoms. The second-order valence-corrected chi connectivity index (χ2v) is 6.30. The second-order valence-electron chi connectivity index (χ2n) is 5.90. The van der Waals surface area contributed by atoms with Gasteiger partial charge >= 0.3 is 0 Å². The van der Waals surface area contributed by atoms with Crippen LogP contribution in [0.15, 0.2) is 42.7 Å². The Labute approximate surface area is 148 Å². The Morgan fingerprint density at radius 1 is 0.880 bits per heavy atom. The molecule has 3 heterocycles. The highest BCUT2D eigenvalue weighted by Gasteiger charge is 2.20. The Morgan fingerprint density at radius 2 is 1.60 bits per heavy atom. The molecule has 0 spiro atoms. The predicted octanol–water partition coefficient (Wildman–Crippen LogP) is 3.89. The molecule has 0 atom stereocenters. The summed E-state index contributed by atoms with van der Waals surface area (Å²) in [5.74, 6) is -0.328. The van der Waals surface area contributed by atoms with Crippen LogP contribution in [0.5, 0.6) is 0 Å². The Hall–Kier alpha value is -2.47. The first-order valence-corrected chi connectivity index (χ1v) is 8.35. The topological polar surface area (TPSA) is 32.3 Å². The zero-order chi connectivity index (χ0) is 17.4. The summed E-state index contributed by atoms with van der Waals surface area (Å²) in [5.41, 5.74) is 1.02. The van der Waals surface area contributed by atoms with Gasteiger partial charge in [-0.3, -0.25) is 4.98 Å². The average molecular weight is 361 g/mol. The molecule has 2 aromatic heterocycles. The van der Waals surface area contributed by atoms with Crippen LogP contribution in [0.3, 0.4) is 0 Å². The zero-order valence-electron chi connectivity index (χ0n) is 13.3. The van der Waals surface area contributed by atoms with Crippen molar-refractivity contribution in [2.24, 2.45) is 0 Å². The first-order valence-electron chi connectivity index (χ1n) is 7.97. The Balaban J connectivity index is 1.56. The van der Waals surface area contributed by atoms with Crippen molar-refractivity contribution in [2.75, 3.05) is 36.0 Å². The third-order valence-electron chi connectivity index (χ3n) is 4.44. The van der Waals surface area contributed by atoms with Crippen LogP contribution in [-0.2, 0) is 0 Å². The van der Waals surface area contributed by atoms with Gasteiger partial charge in [-0.15, -0.1) is 0 Å². The summed E-state index contributed by atoms with van der Waals surface area (Å²) in [4.78, 5) is 12.6. The Kier molecular flexibility index (Phi) is 4.13. The molecule has 0 saturated carbocycles. The van der Waals surface area contributed by atoms with E-state index in [1.54, 1.807) is 24.5 Å². The van der Waals surface area contributed by atoms with Gasteiger partial charge in [0, 0.05) is 44.0 Å². The number of fused-ring (bicyclic) bond motifs is 1. The predicted molar refractivity (Wildman–Crippen MR) is 95.3 cm³/mol.